The van der Waals surface area contributed by atoms with Crippen LogP contribution in [0.4, 0.5) is 10.5 Å². The zero-order chi connectivity index (χ0) is 35.4. The second-order valence-electron chi connectivity index (χ2n) is 12.5. The number of fused-ring (bicyclic) bond motifs is 1. The van der Waals surface area contributed by atoms with Crippen molar-refractivity contribution in [2.75, 3.05) is 32.1 Å². The number of hydrogen-bond acceptors (Lipinski definition) is 8. The third-order valence-electron chi connectivity index (χ3n) is 9.27. The Kier molecular flexibility index (Phi) is 10.3. The normalized spacial score (nSPS) is 18.1. The molecule has 3 atom stereocenters. The third-order valence-corrected chi connectivity index (χ3v) is 9.27. The number of aromatic nitrogens is 2. The lowest BCUT2D eigenvalue weighted by atomic mass is 10.0. The zero-order valence-corrected chi connectivity index (χ0v) is 27.9. The van der Waals surface area contributed by atoms with Crippen LogP contribution in [0.1, 0.15) is 75.4 Å². The van der Waals surface area contributed by atoms with E-state index in [2.05, 4.69) is 25.9 Å². The lowest BCUT2D eigenvalue weighted by molar-refractivity contribution is -0.138. The molecule has 0 aliphatic carbocycles. The van der Waals surface area contributed by atoms with Crippen LogP contribution in [0.5, 0.6) is 0 Å². The van der Waals surface area contributed by atoms with Gasteiger partial charge in [0, 0.05) is 23.4 Å². The maximum absolute atomic E-state index is 13.7. The molecule has 4 amide bonds. The van der Waals surface area contributed by atoms with Gasteiger partial charge in [-0.3, -0.25) is 19.2 Å². The van der Waals surface area contributed by atoms with Gasteiger partial charge in [-0.1, -0.05) is 42.5 Å². The molecule has 0 unspecified atom stereocenters. The molecule has 4 aromatic rings. The van der Waals surface area contributed by atoms with Gasteiger partial charge >= 0.3 is 6.09 Å². The van der Waals surface area contributed by atoms with Crippen molar-refractivity contribution >= 4 is 54.3 Å². The number of Topliss-reactive ketones (excluding diaryl/α,β-unsaturated/α-hetero) is 1. The SMILES string of the molecule is [B]N1CCC[C@H]1c1nc2ccc(C(=O)NCC(=O)c3ccc(C)c(NC(=O)[C@@H]4CCCN4C(=O)[C@H](NC(=O)OC)c4ccccc4)c3)cc2[nH]1. The maximum atomic E-state index is 13.7. The smallest absolute Gasteiger partial charge is 0.407 e. The van der Waals surface area contributed by atoms with E-state index < -0.39 is 35.9 Å². The number of aryl methyl sites for hydroxylation is 1. The molecule has 0 saturated carbocycles. The van der Waals surface area contributed by atoms with Crippen molar-refractivity contribution in [1.82, 2.24) is 30.3 Å². The Morgan fingerprint density at radius 1 is 0.980 bits per heavy atom. The number of nitrogens with one attached hydrogen (secondary N) is 4. The predicted molar refractivity (Wildman–Crippen MR) is 186 cm³/mol. The Labute approximate surface area is 290 Å². The molecule has 0 spiro atoms. The monoisotopic (exact) mass is 675 g/mol. The zero-order valence-electron chi connectivity index (χ0n) is 27.9. The lowest BCUT2D eigenvalue weighted by Gasteiger charge is -2.29. The van der Waals surface area contributed by atoms with Gasteiger partial charge in [0.05, 0.1) is 30.7 Å². The van der Waals surface area contributed by atoms with E-state index in [9.17, 15) is 24.0 Å². The molecule has 2 aliphatic heterocycles. The van der Waals surface area contributed by atoms with Gasteiger partial charge in [0.15, 0.2) is 13.8 Å². The number of benzene rings is 3. The van der Waals surface area contributed by atoms with Crippen LogP contribution in [-0.2, 0) is 14.3 Å². The average Bonchev–Trinajstić information content (AvgIpc) is 3.89. The van der Waals surface area contributed by atoms with Crippen LogP contribution in [-0.4, -0.2) is 90.0 Å². The molecule has 256 valence electrons. The van der Waals surface area contributed by atoms with Gasteiger partial charge in [-0.15, -0.1) is 0 Å². The van der Waals surface area contributed by atoms with Crippen molar-refractivity contribution in [2.24, 2.45) is 0 Å². The van der Waals surface area contributed by atoms with E-state index in [0.29, 0.717) is 52.8 Å². The number of likely N-dealkylation sites (tertiary alicyclic amines) is 1. The van der Waals surface area contributed by atoms with Crippen LogP contribution in [0.15, 0.2) is 66.7 Å². The van der Waals surface area contributed by atoms with Gasteiger partial charge in [-0.05, 0) is 74.5 Å². The summed E-state index contributed by atoms with van der Waals surface area (Å²) in [4.78, 5) is 76.7. The molecule has 2 aliphatic rings. The van der Waals surface area contributed by atoms with Crippen molar-refractivity contribution in [2.45, 2.75) is 50.7 Å². The predicted octanol–water partition coefficient (Wildman–Crippen LogP) is 3.73. The second-order valence-corrected chi connectivity index (χ2v) is 12.5. The molecule has 14 heteroatoms. The number of carbonyl (C=O) groups is 5. The number of imidazole rings is 1. The molecule has 0 bridgehead atoms. The van der Waals surface area contributed by atoms with Crippen LogP contribution in [0.25, 0.3) is 11.0 Å². The van der Waals surface area contributed by atoms with Crippen molar-refractivity contribution in [3.8, 4) is 0 Å². The van der Waals surface area contributed by atoms with Crippen molar-refractivity contribution < 1.29 is 28.7 Å². The highest BCUT2D eigenvalue weighted by molar-refractivity contribution is 6.05. The minimum atomic E-state index is -1.04. The molecule has 50 heavy (non-hydrogen) atoms. The molecular weight excluding hydrogens is 637 g/mol. The summed E-state index contributed by atoms with van der Waals surface area (Å²) in [5.74, 6) is -0.848. The summed E-state index contributed by atoms with van der Waals surface area (Å²) in [5, 5.41) is 8.17. The molecule has 3 aromatic carbocycles. The highest BCUT2D eigenvalue weighted by atomic mass is 16.5. The first-order valence-electron chi connectivity index (χ1n) is 16.6. The van der Waals surface area contributed by atoms with E-state index >= 15 is 0 Å². The fraction of sp³-hybridized carbons (Fsp3) is 0.333. The number of alkyl carbamates (subject to hydrolysis) is 1. The van der Waals surface area contributed by atoms with E-state index in [1.165, 1.54) is 12.0 Å². The average molecular weight is 676 g/mol. The summed E-state index contributed by atoms with van der Waals surface area (Å²) in [6.45, 7) is 2.67. The van der Waals surface area contributed by atoms with Crippen molar-refractivity contribution in [3.63, 3.8) is 0 Å². The fourth-order valence-electron chi connectivity index (χ4n) is 6.50. The summed E-state index contributed by atoms with van der Waals surface area (Å²) in [7, 11) is 7.30. The number of amides is 4. The van der Waals surface area contributed by atoms with E-state index in [4.69, 9.17) is 12.7 Å². The molecule has 3 heterocycles. The van der Waals surface area contributed by atoms with Crippen molar-refractivity contribution in [3.05, 3.63) is 94.8 Å². The van der Waals surface area contributed by atoms with Crippen LogP contribution >= 0.6 is 0 Å². The molecule has 2 saturated heterocycles. The first kappa shape index (κ1) is 34.4. The first-order valence-corrected chi connectivity index (χ1v) is 16.6. The van der Waals surface area contributed by atoms with E-state index in [-0.39, 0.29) is 18.4 Å². The van der Waals surface area contributed by atoms with Crippen molar-refractivity contribution in [1.29, 1.82) is 0 Å². The number of H-pyrrole nitrogens is 1. The first-order chi connectivity index (χ1) is 24.1. The number of ketones is 1. The molecular formula is C36H38BN7O6. The molecule has 4 N–H and O–H groups in total. The molecule has 13 nitrogen and oxygen atoms in total. The summed E-state index contributed by atoms with van der Waals surface area (Å²) in [6, 6.07) is 17.0. The van der Waals surface area contributed by atoms with Gasteiger partial charge in [-0.2, -0.15) is 0 Å². The number of anilines is 1. The Morgan fingerprint density at radius 2 is 1.74 bits per heavy atom. The van der Waals surface area contributed by atoms with E-state index in [1.807, 2.05) is 0 Å². The van der Waals surface area contributed by atoms with E-state index in [1.54, 1.807) is 78.5 Å². The fourth-order valence-corrected chi connectivity index (χ4v) is 6.50. The third kappa shape index (κ3) is 7.40. The number of hydrogen-bond donors (Lipinski definition) is 4. The Hall–Kier alpha value is -5.50. The number of carbonyl (C=O) groups excluding carboxylic acids is 5. The van der Waals surface area contributed by atoms with Gasteiger partial charge in [-0.25, -0.2) is 9.78 Å². The Morgan fingerprint density at radius 3 is 2.48 bits per heavy atom. The summed E-state index contributed by atoms with van der Waals surface area (Å²) >= 11 is 0. The standard InChI is InChI=1S/C36H38BN7O6/c1-21-12-13-23(30(45)20-38-33(46)24-14-15-25-27(19-24)40-32(39-25)28-10-7-17-44(28)37)18-26(21)41-34(47)29-11-6-16-43(29)35(48)31(42-36(49)50-2)22-8-4-3-5-9-22/h3-5,8-9,12-15,18-19,28-29,31H,6-7,10-11,16-17,20H2,1-2H3,(H,38,46)(H,39,40)(H,41,47)(H,42,49)/t28-,29-,31+/m0/s1. The van der Waals surface area contributed by atoms with Crippen LogP contribution in [0.2, 0.25) is 0 Å². The minimum absolute atomic E-state index is 0.00315. The number of methoxy groups -OCH3 is 1. The molecule has 6 rings (SSSR count). The van der Waals surface area contributed by atoms with Gasteiger partial charge in [0.25, 0.3) is 11.8 Å². The van der Waals surface area contributed by atoms with Gasteiger partial charge in [0.1, 0.15) is 17.9 Å². The number of rotatable bonds is 10. The lowest BCUT2D eigenvalue weighted by Crippen LogP contribution is -2.48. The topological polar surface area (TPSA) is 166 Å². The molecule has 1 aromatic heterocycles. The highest BCUT2D eigenvalue weighted by Gasteiger charge is 2.38. The van der Waals surface area contributed by atoms with Crippen LogP contribution < -0.4 is 16.0 Å². The van der Waals surface area contributed by atoms with Gasteiger partial charge < -0.3 is 35.4 Å². The number of ether oxygens (including phenoxy) is 1. The second kappa shape index (κ2) is 15.0. The molecule has 2 fully saturated rings. The van der Waals surface area contributed by atoms with Gasteiger partial charge in [0.2, 0.25) is 5.91 Å². The maximum Gasteiger partial charge on any atom is 0.407 e. The Bertz CT molecular complexity index is 1930. The summed E-state index contributed by atoms with van der Waals surface area (Å²) in [5.41, 5.74) is 3.79. The number of nitrogens with zero attached hydrogens (tertiary/aromatic N) is 3. The summed E-state index contributed by atoms with van der Waals surface area (Å²) < 4.78 is 4.74. The van der Waals surface area contributed by atoms with Crippen LogP contribution in [0.3, 0.4) is 0 Å². The summed E-state index contributed by atoms with van der Waals surface area (Å²) in [6.07, 6.45) is 2.15. The molecule has 2 radical (unpaired) electrons. The quantitative estimate of drug-likeness (QED) is 0.146. The van der Waals surface area contributed by atoms with E-state index in [0.717, 1.165) is 30.7 Å². The Balaban J connectivity index is 1.09. The number of aromatic amines is 1. The van der Waals surface area contributed by atoms with Crippen LogP contribution in [0, 0.1) is 6.92 Å². The highest BCUT2D eigenvalue weighted by Crippen LogP contribution is 2.30. The largest absolute Gasteiger partial charge is 0.453 e. The minimum Gasteiger partial charge on any atom is -0.453 e.